The summed E-state index contributed by atoms with van der Waals surface area (Å²) in [6, 6.07) is 10.2. The number of benzene rings is 2. The summed E-state index contributed by atoms with van der Waals surface area (Å²) in [5, 5.41) is 5.61. The van der Waals surface area contributed by atoms with Crippen LogP contribution in [-0.2, 0) is 4.79 Å². The fraction of sp³-hybridized carbons (Fsp3) is 0.364. The first-order valence-corrected chi connectivity index (χ1v) is 9.84. The summed E-state index contributed by atoms with van der Waals surface area (Å²) in [4.78, 5) is 24.5. The van der Waals surface area contributed by atoms with E-state index in [0.717, 1.165) is 12.8 Å². The van der Waals surface area contributed by atoms with E-state index in [4.69, 9.17) is 14.2 Å². The number of rotatable bonds is 8. The molecule has 29 heavy (non-hydrogen) atoms. The van der Waals surface area contributed by atoms with Gasteiger partial charge in [0.25, 0.3) is 11.8 Å². The van der Waals surface area contributed by atoms with Crippen molar-refractivity contribution in [2.45, 2.75) is 39.7 Å². The molecule has 0 saturated carbocycles. The molecule has 3 rings (SSSR count). The van der Waals surface area contributed by atoms with Gasteiger partial charge in [0.2, 0.25) is 0 Å². The summed E-state index contributed by atoms with van der Waals surface area (Å²) in [6.45, 7) is 6.84. The summed E-state index contributed by atoms with van der Waals surface area (Å²) in [7, 11) is 0. The maximum atomic E-state index is 12.7. The van der Waals surface area contributed by atoms with Gasteiger partial charge in [0.1, 0.15) is 5.75 Å². The molecule has 0 saturated heterocycles. The van der Waals surface area contributed by atoms with Gasteiger partial charge in [0.05, 0.1) is 18.9 Å². The highest BCUT2D eigenvalue weighted by atomic mass is 16.5. The lowest BCUT2D eigenvalue weighted by Gasteiger charge is -2.23. The zero-order valence-corrected chi connectivity index (χ0v) is 16.9. The lowest BCUT2D eigenvalue weighted by Crippen LogP contribution is -2.34. The molecule has 2 aromatic rings. The zero-order chi connectivity index (χ0) is 20.8. The van der Waals surface area contributed by atoms with Crippen molar-refractivity contribution in [2.24, 2.45) is 0 Å². The summed E-state index contributed by atoms with van der Waals surface area (Å²) >= 11 is 0. The van der Waals surface area contributed by atoms with Crippen LogP contribution in [0.25, 0.3) is 0 Å². The number of carbonyl (C=O) groups is 2. The Morgan fingerprint density at radius 3 is 2.52 bits per heavy atom. The Morgan fingerprint density at radius 1 is 1.07 bits per heavy atom. The lowest BCUT2D eigenvalue weighted by atomic mass is 10.1. The van der Waals surface area contributed by atoms with Gasteiger partial charge in [0, 0.05) is 11.3 Å². The maximum absolute atomic E-state index is 12.7. The molecule has 1 aliphatic heterocycles. The van der Waals surface area contributed by atoms with E-state index in [1.54, 1.807) is 43.3 Å². The van der Waals surface area contributed by atoms with Gasteiger partial charge in [-0.3, -0.25) is 9.59 Å². The third-order valence-corrected chi connectivity index (χ3v) is 4.30. The maximum Gasteiger partial charge on any atom is 0.265 e. The largest absolute Gasteiger partial charge is 0.490 e. The van der Waals surface area contributed by atoms with Gasteiger partial charge in [-0.25, -0.2) is 0 Å². The third kappa shape index (κ3) is 4.99. The average molecular weight is 398 g/mol. The minimum Gasteiger partial charge on any atom is -0.490 e. The van der Waals surface area contributed by atoms with Crippen molar-refractivity contribution in [1.29, 1.82) is 0 Å². The molecular weight excluding hydrogens is 372 g/mol. The van der Waals surface area contributed by atoms with Crippen molar-refractivity contribution in [1.82, 2.24) is 0 Å². The van der Waals surface area contributed by atoms with Gasteiger partial charge in [-0.1, -0.05) is 13.8 Å². The topological polar surface area (TPSA) is 85.9 Å². The van der Waals surface area contributed by atoms with Gasteiger partial charge < -0.3 is 24.8 Å². The number of hydrogen-bond acceptors (Lipinski definition) is 5. The highest BCUT2D eigenvalue weighted by molar-refractivity contribution is 6.05. The number of nitrogens with one attached hydrogen (secondary N) is 2. The molecule has 0 aliphatic carbocycles. The average Bonchev–Trinajstić information content (AvgIpc) is 2.72. The molecule has 2 amide bonds. The second kappa shape index (κ2) is 9.32. The fourth-order valence-electron chi connectivity index (χ4n) is 2.80. The molecule has 0 radical (unpaired) electrons. The number of hydrogen-bond donors (Lipinski definition) is 2. The Balaban J connectivity index is 1.76. The molecular formula is C22H26N2O5. The minimum absolute atomic E-state index is 0.221. The normalized spacial score (nSPS) is 15.0. The van der Waals surface area contributed by atoms with Crippen molar-refractivity contribution >= 4 is 23.2 Å². The fourth-order valence-corrected chi connectivity index (χ4v) is 2.80. The first-order chi connectivity index (χ1) is 14.0. The van der Waals surface area contributed by atoms with E-state index in [0.29, 0.717) is 47.4 Å². The Morgan fingerprint density at radius 2 is 1.79 bits per heavy atom. The van der Waals surface area contributed by atoms with Gasteiger partial charge in [-0.05, 0) is 56.2 Å². The molecule has 1 heterocycles. The quantitative estimate of drug-likeness (QED) is 0.695. The predicted molar refractivity (Wildman–Crippen MR) is 111 cm³/mol. The number of anilines is 2. The van der Waals surface area contributed by atoms with Crippen LogP contribution in [0, 0.1) is 0 Å². The number of fused-ring (bicyclic) bond motifs is 1. The Labute approximate surface area is 170 Å². The first-order valence-electron chi connectivity index (χ1n) is 9.84. The second-order valence-corrected chi connectivity index (χ2v) is 6.77. The molecule has 0 fully saturated rings. The molecule has 7 heteroatoms. The van der Waals surface area contributed by atoms with Crippen LogP contribution in [0.2, 0.25) is 0 Å². The van der Waals surface area contributed by atoms with Gasteiger partial charge in [-0.15, -0.1) is 0 Å². The van der Waals surface area contributed by atoms with Gasteiger partial charge in [0.15, 0.2) is 17.6 Å². The molecule has 0 bridgehead atoms. The Hall–Kier alpha value is -3.22. The lowest BCUT2D eigenvalue weighted by molar-refractivity contribution is -0.122. The van der Waals surface area contributed by atoms with Crippen LogP contribution >= 0.6 is 0 Å². The molecule has 154 valence electrons. The van der Waals surface area contributed by atoms with Crippen LogP contribution < -0.4 is 24.8 Å². The van der Waals surface area contributed by atoms with Crippen molar-refractivity contribution < 1.29 is 23.8 Å². The summed E-state index contributed by atoms with van der Waals surface area (Å²) in [6.07, 6.45) is 1.19. The third-order valence-electron chi connectivity index (χ3n) is 4.30. The summed E-state index contributed by atoms with van der Waals surface area (Å²) < 4.78 is 17.0. The van der Waals surface area contributed by atoms with Crippen molar-refractivity contribution in [3.63, 3.8) is 0 Å². The van der Waals surface area contributed by atoms with Crippen molar-refractivity contribution in [2.75, 3.05) is 23.8 Å². The van der Waals surface area contributed by atoms with Crippen LogP contribution in [0.1, 0.15) is 44.0 Å². The molecule has 7 nitrogen and oxygen atoms in total. The highest BCUT2D eigenvalue weighted by Gasteiger charge is 2.23. The molecule has 1 atom stereocenters. The van der Waals surface area contributed by atoms with Crippen molar-refractivity contribution in [3.8, 4) is 17.2 Å². The molecule has 0 spiro atoms. The minimum atomic E-state index is -0.544. The number of carbonyl (C=O) groups excluding carboxylic acids is 2. The van der Waals surface area contributed by atoms with E-state index in [2.05, 4.69) is 10.6 Å². The zero-order valence-electron chi connectivity index (χ0n) is 16.9. The Bertz CT molecular complexity index is 897. The van der Waals surface area contributed by atoms with Crippen molar-refractivity contribution in [3.05, 3.63) is 42.0 Å². The summed E-state index contributed by atoms with van der Waals surface area (Å²) in [5.74, 6) is 1.24. The van der Waals surface area contributed by atoms with Gasteiger partial charge in [-0.2, -0.15) is 0 Å². The van der Waals surface area contributed by atoms with Gasteiger partial charge >= 0.3 is 0 Å². The van der Waals surface area contributed by atoms with Crippen LogP contribution in [0.3, 0.4) is 0 Å². The van der Waals surface area contributed by atoms with E-state index in [9.17, 15) is 9.59 Å². The smallest absolute Gasteiger partial charge is 0.265 e. The van der Waals surface area contributed by atoms with E-state index in [1.807, 2.05) is 13.8 Å². The second-order valence-electron chi connectivity index (χ2n) is 6.77. The monoisotopic (exact) mass is 398 g/mol. The number of ether oxygens (including phenoxy) is 3. The molecule has 0 unspecified atom stereocenters. The van der Waals surface area contributed by atoms with Crippen LogP contribution in [0.15, 0.2) is 36.4 Å². The van der Waals surface area contributed by atoms with E-state index in [1.165, 1.54) is 0 Å². The van der Waals surface area contributed by atoms with Crippen LogP contribution in [0.4, 0.5) is 11.4 Å². The van der Waals surface area contributed by atoms with Crippen LogP contribution in [-0.4, -0.2) is 31.1 Å². The van der Waals surface area contributed by atoms with Crippen LogP contribution in [0.5, 0.6) is 17.2 Å². The SMILES string of the molecule is CCCOc1ccc(C(=O)Nc2ccc3c(c2)NC(=O)[C@@H](C)O3)cc1OCCC. The summed E-state index contributed by atoms with van der Waals surface area (Å²) in [5.41, 5.74) is 1.53. The predicted octanol–water partition coefficient (Wildman–Crippen LogP) is 4.24. The molecule has 2 N–H and O–H groups in total. The molecule has 2 aromatic carbocycles. The number of amides is 2. The standard InChI is InChI=1S/C22H26N2O5/c1-4-10-27-19-8-6-15(12-20(19)28-11-5-2)22(26)23-16-7-9-18-17(13-16)24-21(25)14(3)29-18/h6-9,12-14H,4-5,10-11H2,1-3H3,(H,23,26)(H,24,25)/t14-/m1/s1. The highest BCUT2D eigenvalue weighted by Crippen LogP contribution is 2.33. The van der Waals surface area contributed by atoms with E-state index >= 15 is 0 Å². The van der Waals surface area contributed by atoms with E-state index < -0.39 is 6.10 Å². The molecule has 0 aromatic heterocycles. The Kier molecular flexibility index (Phi) is 6.59. The molecule has 1 aliphatic rings. The van der Waals surface area contributed by atoms with E-state index in [-0.39, 0.29) is 11.8 Å². The first kappa shape index (κ1) is 20.5.